The molecule has 0 aliphatic rings. The van der Waals surface area contributed by atoms with Crippen LogP contribution in [-0.2, 0) is 12.7 Å². The van der Waals surface area contributed by atoms with Gasteiger partial charge in [0.2, 0.25) is 11.2 Å². The molecular weight excluding hydrogens is 483 g/mol. The van der Waals surface area contributed by atoms with Crippen molar-refractivity contribution in [3.63, 3.8) is 0 Å². The number of phenolic OH excluding ortho intramolecular Hbond substituents is 1. The van der Waals surface area contributed by atoms with Crippen molar-refractivity contribution in [2.75, 3.05) is 13.1 Å². The molecule has 0 radical (unpaired) electrons. The van der Waals surface area contributed by atoms with Gasteiger partial charge in [-0.3, -0.25) is 4.79 Å². The van der Waals surface area contributed by atoms with E-state index in [1.807, 2.05) is 12.1 Å². The maximum Gasteiger partial charge on any atom is 0.453 e. The molecule has 0 amide bonds. The van der Waals surface area contributed by atoms with Gasteiger partial charge in [-0.25, -0.2) is 0 Å². The number of alkyl halides is 3. The van der Waals surface area contributed by atoms with Gasteiger partial charge in [0.15, 0.2) is 5.58 Å². The molecule has 0 spiro atoms. The van der Waals surface area contributed by atoms with Gasteiger partial charge in [0.25, 0.3) is 5.76 Å². The minimum absolute atomic E-state index is 0.0787. The molecule has 1 heterocycles. The number of ether oxygens (including phenoxy) is 1. The van der Waals surface area contributed by atoms with Gasteiger partial charge >= 0.3 is 6.18 Å². The van der Waals surface area contributed by atoms with Crippen LogP contribution in [0.4, 0.5) is 13.2 Å². The lowest BCUT2D eigenvalue weighted by Crippen LogP contribution is -3.11. The van der Waals surface area contributed by atoms with E-state index in [1.54, 1.807) is 24.3 Å². The lowest BCUT2D eigenvalue weighted by molar-refractivity contribution is -0.919. The fraction of sp³-hybridized carbons (Fsp3) is 0.345. The molecule has 0 bridgehead atoms. The Kier molecular flexibility index (Phi) is 7.50. The summed E-state index contributed by atoms with van der Waals surface area (Å²) >= 11 is 0. The van der Waals surface area contributed by atoms with Crippen LogP contribution < -0.4 is 15.1 Å². The second kappa shape index (κ2) is 10.5. The highest BCUT2D eigenvalue weighted by atomic mass is 19.4. The van der Waals surface area contributed by atoms with Crippen LogP contribution >= 0.6 is 0 Å². The first kappa shape index (κ1) is 26.5. The van der Waals surface area contributed by atoms with Gasteiger partial charge in [-0.15, -0.1) is 0 Å². The molecule has 2 N–H and O–H groups in total. The van der Waals surface area contributed by atoms with Crippen molar-refractivity contribution in [3.8, 4) is 17.2 Å². The predicted octanol–water partition coefficient (Wildman–Crippen LogP) is 6.16. The van der Waals surface area contributed by atoms with E-state index in [-0.39, 0.29) is 34.6 Å². The molecule has 3 aromatic carbocycles. The zero-order valence-electron chi connectivity index (χ0n) is 21.3. The number of quaternary nitrogens is 1. The average molecular weight is 515 g/mol. The highest BCUT2D eigenvalue weighted by molar-refractivity contribution is 5.85. The number of aromatic hydroxyl groups is 1. The van der Waals surface area contributed by atoms with E-state index >= 15 is 0 Å². The maximum absolute atomic E-state index is 14.2. The van der Waals surface area contributed by atoms with Gasteiger partial charge in [-0.05, 0) is 35.0 Å². The minimum Gasteiger partial charge on any atom is -0.507 e. The number of rotatable bonds is 8. The molecule has 0 fully saturated rings. The summed E-state index contributed by atoms with van der Waals surface area (Å²) in [7, 11) is 0. The maximum atomic E-state index is 14.2. The van der Waals surface area contributed by atoms with Crippen LogP contribution in [0.1, 0.15) is 39.0 Å². The molecule has 8 heteroatoms. The molecule has 4 aromatic rings. The summed E-state index contributed by atoms with van der Waals surface area (Å²) in [6.45, 7) is 9.93. The molecule has 196 valence electrons. The second-order valence-electron chi connectivity index (χ2n) is 10.3. The van der Waals surface area contributed by atoms with Crippen molar-refractivity contribution in [1.29, 1.82) is 0 Å². The summed E-state index contributed by atoms with van der Waals surface area (Å²) in [6.07, 6.45) is -5.00. The molecular formula is C29H31F3NO4+. The van der Waals surface area contributed by atoms with Crippen molar-refractivity contribution >= 4 is 21.7 Å². The van der Waals surface area contributed by atoms with Gasteiger partial charge < -0.3 is 19.2 Å². The van der Waals surface area contributed by atoms with Crippen LogP contribution in [0.2, 0.25) is 0 Å². The Balaban J connectivity index is 1.86. The van der Waals surface area contributed by atoms with Crippen LogP contribution in [0.3, 0.4) is 0 Å². The van der Waals surface area contributed by atoms with Crippen LogP contribution in [0, 0.1) is 11.8 Å². The first-order chi connectivity index (χ1) is 17.4. The van der Waals surface area contributed by atoms with E-state index in [0.29, 0.717) is 11.8 Å². The summed E-state index contributed by atoms with van der Waals surface area (Å²) in [5.41, 5.74) is -1.04. The van der Waals surface area contributed by atoms with Gasteiger partial charge in [0.1, 0.15) is 18.0 Å². The van der Waals surface area contributed by atoms with E-state index in [2.05, 4.69) is 27.7 Å². The topological polar surface area (TPSA) is 64.1 Å². The van der Waals surface area contributed by atoms with Crippen molar-refractivity contribution in [2.24, 2.45) is 11.8 Å². The quantitative estimate of drug-likeness (QED) is 0.296. The zero-order valence-corrected chi connectivity index (χ0v) is 21.3. The standard InChI is InChI=1S/C29H30F3NO4/c1-17(2)14-33(15-18(3)4)16-23-24(34)12-11-22-25(35)27(28(29(30,31)32)37-26(22)23)36-21-10-9-19-7-5-6-8-20(19)13-21/h5-13,17-18,34H,14-16H2,1-4H3/p+1. The smallest absolute Gasteiger partial charge is 0.453 e. The summed E-state index contributed by atoms with van der Waals surface area (Å²) in [6, 6.07) is 14.7. The molecule has 0 aliphatic carbocycles. The Labute approximate surface area is 213 Å². The molecule has 4 rings (SSSR count). The average Bonchev–Trinajstić information content (AvgIpc) is 2.80. The SMILES string of the molecule is CC(C)C[NH+](Cc1c(O)ccc2c(=O)c(Oc3ccc4ccccc4c3)c(C(F)(F)F)oc12)CC(C)C. The largest absolute Gasteiger partial charge is 0.507 e. The summed E-state index contributed by atoms with van der Waals surface area (Å²) in [5, 5.41) is 12.2. The molecule has 5 nitrogen and oxygen atoms in total. The van der Waals surface area contributed by atoms with E-state index in [9.17, 15) is 23.1 Å². The number of hydrogen-bond donors (Lipinski definition) is 2. The van der Waals surface area contributed by atoms with Gasteiger partial charge in [-0.1, -0.05) is 58.0 Å². The first-order valence-electron chi connectivity index (χ1n) is 12.3. The summed E-state index contributed by atoms with van der Waals surface area (Å²) < 4.78 is 53.5. The van der Waals surface area contributed by atoms with Gasteiger partial charge in [-0.2, -0.15) is 13.2 Å². The third kappa shape index (κ3) is 5.91. The molecule has 0 unspecified atom stereocenters. The zero-order chi connectivity index (χ0) is 26.9. The molecule has 0 aliphatic heterocycles. The highest BCUT2D eigenvalue weighted by Gasteiger charge is 2.41. The van der Waals surface area contributed by atoms with Crippen LogP contribution in [0.15, 0.2) is 63.8 Å². The lowest BCUT2D eigenvalue weighted by Gasteiger charge is -2.24. The van der Waals surface area contributed by atoms with E-state index < -0.39 is 23.1 Å². The Morgan fingerprint density at radius 3 is 2.22 bits per heavy atom. The van der Waals surface area contributed by atoms with Crippen molar-refractivity contribution < 1.29 is 32.3 Å². The fourth-order valence-corrected chi connectivity index (χ4v) is 4.72. The Morgan fingerprint density at radius 1 is 0.946 bits per heavy atom. The van der Waals surface area contributed by atoms with E-state index in [4.69, 9.17) is 9.15 Å². The molecule has 0 saturated heterocycles. The lowest BCUT2D eigenvalue weighted by atomic mass is 10.1. The fourth-order valence-electron chi connectivity index (χ4n) is 4.72. The summed E-state index contributed by atoms with van der Waals surface area (Å²) in [4.78, 5) is 14.5. The third-order valence-electron chi connectivity index (χ3n) is 6.12. The molecule has 37 heavy (non-hydrogen) atoms. The minimum atomic E-state index is -5.00. The molecule has 0 saturated carbocycles. The number of phenols is 1. The number of fused-ring (bicyclic) bond motifs is 2. The first-order valence-corrected chi connectivity index (χ1v) is 12.3. The third-order valence-corrected chi connectivity index (χ3v) is 6.12. The number of hydrogen-bond acceptors (Lipinski definition) is 4. The molecule has 1 aromatic heterocycles. The van der Waals surface area contributed by atoms with Gasteiger partial charge in [0.05, 0.1) is 24.0 Å². The molecule has 0 atom stereocenters. The highest BCUT2D eigenvalue weighted by Crippen LogP contribution is 2.40. The second-order valence-corrected chi connectivity index (χ2v) is 10.3. The van der Waals surface area contributed by atoms with Crippen LogP contribution in [0.5, 0.6) is 17.2 Å². The van der Waals surface area contributed by atoms with Crippen molar-refractivity contribution in [3.05, 3.63) is 76.1 Å². The van der Waals surface area contributed by atoms with Gasteiger partial charge in [0, 0.05) is 11.8 Å². The van der Waals surface area contributed by atoms with Crippen molar-refractivity contribution in [2.45, 2.75) is 40.4 Å². The monoisotopic (exact) mass is 514 g/mol. The Hall–Kier alpha value is -3.52. The Bertz CT molecular complexity index is 1460. The van der Waals surface area contributed by atoms with E-state index in [1.165, 1.54) is 18.2 Å². The summed E-state index contributed by atoms with van der Waals surface area (Å²) in [5.74, 6) is -1.94. The van der Waals surface area contributed by atoms with Crippen LogP contribution in [0.25, 0.3) is 21.7 Å². The normalized spacial score (nSPS) is 12.4. The van der Waals surface area contributed by atoms with Crippen LogP contribution in [-0.4, -0.2) is 18.2 Å². The van der Waals surface area contributed by atoms with E-state index in [0.717, 1.165) is 28.8 Å². The van der Waals surface area contributed by atoms with Crippen molar-refractivity contribution in [1.82, 2.24) is 0 Å². The number of halogens is 3. The number of nitrogens with one attached hydrogen (secondary N) is 1. The predicted molar refractivity (Wildman–Crippen MR) is 137 cm³/mol. The number of benzene rings is 3. The Morgan fingerprint density at radius 2 is 1.59 bits per heavy atom.